The summed E-state index contributed by atoms with van der Waals surface area (Å²) in [7, 11) is 1.91. The van der Waals surface area contributed by atoms with Crippen molar-refractivity contribution in [3.05, 3.63) is 95.6 Å². The number of hydrogen-bond acceptors (Lipinski definition) is 6. The number of para-hydroxylation sites is 2. The molecule has 0 aliphatic carbocycles. The molecule has 3 aromatic rings. The molecule has 1 aromatic heterocycles. The van der Waals surface area contributed by atoms with Gasteiger partial charge >= 0.3 is 5.97 Å². The van der Waals surface area contributed by atoms with Crippen molar-refractivity contribution in [1.29, 1.82) is 0 Å². The van der Waals surface area contributed by atoms with Crippen LogP contribution in [-0.2, 0) is 14.9 Å². The van der Waals surface area contributed by atoms with E-state index in [0.717, 1.165) is 16.9 Å². The predicted octanol–water partition coefficient (Wildman–Crippen LogP) is 4.57. The number of nitrogens with zero attached hydrogens (tertiary/aromatic N) is 1. The van der Waals surface area contributed by atoms with Gasteiger partial charge in [-0.25, -0.2) is 4.79 Å². The van der Waals surface area contributed by atoms with Crippen molar-refractivity contribution < 1.29 is 23.5 Å². The van der Waals surface area contributed by atoms with Crippen molar-refractivity contribution >= 4 is 29.0 Å². The van der Waals surface area contributed by atoms with E-state index < -0.39 is 18.5 Å². The average molecular weight is 444 g/mol. The van der Waals surface area contributed by atoms with E-state index in [2.05, 4.69) is 19.2 Å². The maximum Gasteiger partial charge on any atom is 0.340 e. The Hall–Kier alpha value is -4.13. The number of furan rings is 1. The SMILES string of the molecule is CN1/C(=C\C(=O)COC(=O)c2ccccc2NC(=O)c2ccco2)C(C)(C)c2ccccc21. The number of anilines is 2. The number of likely N-dealkylation sites (N-methyl/N-ethyl adjacent to an activating group) is 1. The summed E-state index contributed by atoms with van der Waals surface area (Å²) in [5, 5.41) is 2.63. The van der Waals surface area contributed by atoms with Crippen molar-refractivity contribution in [2.45, 2.75) is 19.3 Å². The van der Waals surface area contributed by atoms with Gasteiger partial charge in [0.2, 0.25) is 0 Å². The number of fused-ring (bicyclic) bond motifs is 1. The topological polar surface area (TPSA) is 88.9 Å². The molecule has 33 heavy (non-hydrogen) atoms. The molecule has 1 amide bonds. The zero-order chi connectivity index (χ0) is 23.6. The molecule has 0 saturated carbocycles. The summed E-state index contributed by atoms with van der Waals surface area (Å²) in [5.74, 6) is -1.42. The number of amides is 1. The van der Waals surface area contributed by atoms with Gasteiger partial charge in [0.1, 0.15) is 0 Å². The van der Waals surface area contributed by atoms with Crippen LogP contribution in [0, 0.1) is 0 Å². The zero-order valence-electron chi connectivity index (χ0n) is 18.6. The first-order valence-electron chi connectivity index (χ1n) is 10.5. The normalized spacial score (nSPS) is 15.2. The third-order valence-electron chi connectivity index (χ3n) is 5.72. The van der Waals surface area contributed by atoms with Crippen LogP contribution in [0.2, 0.25) is 0 Å². The van der Waals surface area contributed by atoms with Crippen molar-refractivity contribution in [2.75, 3.05) is 23.9 Å². The van der Waals surface area contributed by atoms with Crippen LogP contribution in [0.4, 0.5) is 11.4 Å². The fourth-order valence-electron chi connectivity index (χ4n) is 4.03. The summed E-state index contributed by atoms with van der Waals surface area (Å²) in [4.78, 5) is 39.6. The number of ether oxygens (including phenoxy) is 1. The molecule has 0 fully saturated rings. The minimum Gasteiger partial charge on any atom is -0.459 e. The smallest absolute Gasteiger partial charge is 0.340 e. The number of carbonyl (C=O) groups excluding carboxylic acids is 3. The summed E-state index contributed by atoms with van der Waals surface area (Å²) in [5.41, 5.74) is 3.05. The third-order valence-corrected chi connectivity index (χ3v) is 5.72. The zero-order valence-corrected chi connectivity index (χ0v) is 18.6. The molecule has 0 unspecified atom stereocenters. The van der Waals surface area contributed by atoms with Crippen LogP contribution in [0.15, 0.2) is 83.1 Å². The summed E-state index contributed by atoms with van der Waals surface area (Å²) in [6, 6.07) is 17.5. The fourth-order valence-corrected chi connectivity index (χ4v) is 4.03. The molecule has 4 rings (SSSR count). The minimum atomic E-state index is -0.709. The molecular formula is C26H24N2O5. The Morgan fingerprint density at radius 3 is 2.48 bits per heavy atom. The Kier molecular flexibility index (Phi) is 5.87. The Morgan fingerprint density at radius 2 is 1.76 bits per heavy atom. The third kappa shape index (κ3) is 4.30. The van der Waals surface area contributed by atoms with Crippen LogP contribution in [0.25, 0.3) is 0 Å². The molecule has 2 aromatic carbocycles. The monoisotopic (exact) mass is 444 g/mol. The van der Waals surface area contributed by atoms with Crippen molar-refractivity contribution in [3.63, 3.8) is 0 Å². The first-order chi connectivity index (χ1) is 15.8. The molecule has 0 atom stereocenters. The van der Waals surface area contributed by atoms with Gasteiger partial charge < -0.3 is 19.4 Å². The molecule has 7 nitrogen and oxygen atoms in total. The molecule has 0 saturated heterocycles. The summed E-state index contributed by atoms with van der Waals surface area (Å²) in [6.07, 6.45) is 2.91. The van der Waals surface area contributed by atoms with Gasteiger partial charge in [-0.3, -0.25) is 9.59 Å². The number of carbonyl (C=O) groups is 3. The standard InChI is InChI=1S/C26H24N2O5/c1-26(2)19-10-5-7-12-21(19)28(3)23(26)15-17(29)16-33-25(31)18-9-4-6-11-20(18)27-24(30)22-13-8-14-32-22/h4-15H,16H2,1-3H3,(H,27,30)/b23-15-. The Morgan fingerprint density at radius 1 is 1.03 bits per heavy atom. The lowest BCUT2D eigenvalue weighted by atomic mass is 9.83. The Bertz CT molecular complexity index is 1240. The van der Waals surface area contributed by atoms with E-state index in [9.17, 15) is 14.4 Å². The van der Waals surface area contributed by atoms with Crippen LogP contribution in [0.5, 0.6) is 0 Å². The molecule has 0 bridgehead atoms. The second-order valence-electron chi connectivity index (χ2n) is 8.25. The molecule has 0 radical (unpaired) electrons. The molecule has 7 heteroatoms. The minimum absolute atomic E-state index is 0.115. The number of ketones is 1. The number of allylic oxidation sites excluding steroid dienone is 1. The number of esters is 1. The molecule has 1 N–H and O–H groups in total. The maximum absolute atomic E-state index is 12.7. The highest BCUT2D eigenvalue weighted by atomic mass is 16.5. The van der Waals surface area contributed by atoms with Crippen LogP contribution < -0.4 is 10.2 Å². The van der Waals surface area contributed by atoms with Gasteiger partial charge in [0, 0.05) is 29.9 Å². The highest BCUT2D eigenvalue weighted by Crippen LogP contribution is 2.46. The van der Waals surface area contributed by atoms with Gasteiger partial charge in [-0.05, 0) is 35.9 Å². The summed E-state index contributed by atoms with van der Waals surface area (Å²) < 4.78 is 10.3. The predicted molar refractivity (Wildman–Crippen MR) is 124 cm³/mol. The largest absolute Gasteiger partial charge is 0.459 e. The lowest BCUT2D eigenvalue weighted by Gasteiger charge is -2.23. The van der Waals surface area contributed by atoms with Crippen molar-refractivity contribution in [3.8, 4) is 0 Å². The number of nitrogens with one attached hydrogen (secondary N) is 1. The van der Waals surface area contributed by atoms with Gasteiger partial charge in [0.15, 0.2) is 18.2 Å². The number of rotatable bonds is 6. The summed E-state index contributed by atoms with van der Waals surface area (Å²) in [6.45, 7) is 3.69. The van der Waals surface area contributed by atoms with Crippen LogP contribution in [0.1, 0.15) is 40.3 Å². The van der Waals surface area contributed by atoms with E-state index >= 15 is 0 Å². The van der Waals surface area contributed by atoms with Crippen LogP contribution in [-0.4, -0.2) is 31.3 Å². The lowest BCUT2D eigenvalue weighted by molar-refractivity contribution is -0.117. The Balaban J connectivity index is 1.45. The van der Waals surface area contributed by atoms with E-state index in [-0.39, 0.29) is 28.2 Å². The second-order valence-corrected chi connectivity index (χ2v) is 8.25. The van der Waals surface area contributed by atoms with Crippen molar-refractivity contribution in [2.24, 2.45) is 0 Å². The Labute approximate surface area is 191 Å². The molecule has 0 spiro atoms. The number of hydrogen-bond donors (Lipinski definition) is 1. The molecular weight excluding hydrogens is 420 g/mol. The van der Waals surface area contributed by atoms with E-state index in [0.29, 0.717) is 0 Å². The first-order valence-corrected chi connectivity index (χ1v) is 10.5. The molecule has 168 valence electrons. The first kappa shape index (κ1) is 22.1. The highest BCUT2D eigenvalue weighted by molar-refractivity contribution is 6.07. The van der Waals surface area contributed by atoms with Crippen molar-refractivity contribution in [1.82, 2.24) is 0 Å². The van der Waals surface area contributed by atoms with Gasteiger partial charge in [0.05, 0.1) is 17.5 Å². The van der Waals surface area contributed by atoms with Gasteiger partial charge in [-0.1, -0.05) is 44.2 Å². The van der Waals surface area contributed by atoms with Gasteiger partial charge in [0.25, 0.3) is 5.91 Å². The summed E-state index contributed by atoms with van der Waals surface area (Å²) >= 11 is 0. The lowest BCUT2D eigenvalue weighted by Crippen LogP contribution is -2.25. The van der Waals surface area contributed by atoms with E-state index in [1.54, 1.807) is 24.3 Å². The second kappa shape index (κ2) is 8.78. The van der Waals surface area contributed by atoms with Crippen LogP contribution in [0.3, 0.4) is 0 Å². The van der Waals surface area contributed by atoms with Gasteiger partial charge in [-0.2, -0.15) is 0 Å². The highest BCUT2D eigenvalue weighted by Gasteiger charge is 2.38. The van der Waals surface area contributed by atoms with Gasteiger partial charge in [-0.15, -0.1) is 0 Å². The molecule has 1 aliphatic rings. The fraction of sp³-hybridized carbons (Fsp3) is 0.192. The van der Waals surface area contributed by atoms with E-state index in [1.165, 1.54) is 24.5 Å². The van der Waals surface area contributed by atoms with Crippen LogP contribution >= 0.6 is 0 Å². The number of benzene rings is 2. The maximum atomic E-state index is 12.7. The van der Waals surface area contributed by atoms with E-state index in [4.69, 9.17) is 9.15 Å². The average Bonchev–Trinajstić information content (AvgIpc) is 3.41. The van der Waals surface area contributed by atoms with E-state index in [1.807, 2.05) is 36.2 Å². The molecule has 1 aliphatic heterocycles. The molecule has 2 heterocycles. The quantitative estimate of drug-likeness (QED) is 0.443.